The fourth-order valence-corrected chi connectivity index (χ4v) is 1.75. The predicted octanol–water partition coefficient (Wildman–Crippen LogP) is 3.52. The summed E-state index contributed by atoms with van der Waals surface area (Å²) in [6, 6.07) is 5.73. The Balaban J connectivity index is 2.33. The summed E-state index contributed by atoms with van der Waals surface area (Å²) >= 11 is 0. The zero-order chi connectivity index (χ0) is 12.7. The zero-order valence-electron chi connectivity index (χ0n) is 11.1. The van der Waals surface area contributed by atoms with Gasteiger partial charge in [-0.05, 0) is 18.4 Å². The van der Waals surface area contributed by atoms with E-state index in [2.05, 4.69) is 19.2 Å². The molecule has 1 aromatic carbocycles. The summed E-state index contributed by atoms with van der Waals surface area (Å²) in [5.41, 5.74) is 7.55. The van der Waals surface area contributed by atoms with Crippen LogP contribution in [0.15, 0.2) is 18.2 Å². The van der Waals surface area contributed by atoms with Gasteiger partial charge in [0.2, 0.25) is 0 Å². The van der Waals surface area contributed by atoms with E-state index in [0.717, 1.165) is 29.6 Å². The topological polar surface area (TPSA) is 47.3 Å². The van der Waals surface area contributed by atoms with Crippen LogP contribution in [0.25, 0.3) is 0 Å². The molecule has 0 saturated carbocycles. The van der Waals surface area contributed by atoms with Crippen molar-refractivity contribution in [2.75, 3.05) is 24.7 Å². The Bertz CT molecular complexity index is 337. The predicted molar refractivity (Wildman–Crippen MR) is 74.6 cm³/mol. The number of hydrogen-bond donors (Lipinski definition) is 2. The molecule has 17 heavy (non-hydrogen) atoms. The smallest absolute Gasteiger partial charge is 0.122 e. The van der Waals surface area contributed by atoms with E-state index in [0.29, 0.717) is 0 Å². The van der Waals surface area contributed by atoms with Gasteiger partial charge in [0, 0.05) is 30.1 Å². The summed E-state index contributed by atoms with van der Waals surface area (Å²) in [5.74, 6) is 1.59. The lowest BCUT2D eigenvalue weighted by Crippen LogP contribution is -2.03. The van der Waals surface area contributed by atoms with Crippen LogP contribution >= 0.6 is 0 Å². The van der Waals surface area contributed by atoms with Gasteiger partial charge in [0.15, 0.2) is 0 Å². The van der Waals surface area contributed by atoms with Crippen LogP contribution in [0.2, 0.25) is 0 Å². The largest absolute Gasteiger partial charge is 0.497 e. The van der Waals surface area contributed by atoms with Gasteiger partial charge in [-0.2, -0.15) is 0 Å². The molecular formula is C14H24N2O. The summed E-state index contributed by atoms with van der Waals surface area (Å²) in [7, 11) is 1.65. The van der Waals surface area contributed by atoms with Crippen LogP contribution in [0.3, 0.4) is 0 Å². The fourth-order valence-electron chi connectivity index (χ4n) is 1.75. The first-order valence-corrected chi connectivity index (χ1v) is 6.30. The van der Waals surface area contributed by atoms with Crippen LogP contribution in [0, 0.1) is 5.92 Å². The maximum absolute atomic E-state index is 5.79. The Morgan fingerprint density at radius 1 is 1.24 bits per heavy atom. The molecule has 1 rings (SSSR count). The number of methoxy groups -OCH3 is 1. The Morgan fingerprint density at radius 3 is 2.65 bits per heavy atom. The highest BCUT2D eigenvalue weighted by atomic mass is 16.5. The molecule has 1 aromatic rings. The third-order valence-electron chi connectivity index (χ3n) is 2.70. The maximum atomic E-state index is 5.79. The summed E-state index contributed by atoms with van der Waals surface area (Å²) < 4.78 is 5.17. The van der Waals surface area contributed by atoms with E-state index in [4.69, 9.17) is 10.5 Å². The molecule has 0 bridgehead atoms. The third kappa shape index (κ3) is 5.48. The van der Waals surface area contributed by atoms with E-state index < -0.39 is 0 Å². The first kappa shape index (κ1) is 13.7. The van der Waals surface area contributed by atoms with Crippen molar-refractivity contribution < 1.29 is 4.74 Å². The lowest BCUT2D eigenvalue weighted by atomic mass is 10.1. The lowest BCUT2D eigenvalue weighted by Gasteiger charge is -2.10. The molecule has 0 radical (unpaired) electrons. The molecule has 0 aliphatic rings. The second-order valence-corrected chi connectivity index (χ2v) is 4.81. The minimum Gasteiger partial charge on any atom is -0.497 e. The highest BCUT2D eigenvalue weighted by Gasteiger charge is 1.99. The number of unbranched alkanes of at least 4 members (excludes halogenated alkanes) is 1. The fraction of sp³-hybridized carbons (Fsp3) is 0.571. The molecule has 0 saturated heterocycles. The van der Waals surface area contributed by atoms with Crippen molar-refractivity contribution in [3.05, 3.63) is 18.2 Å². The van der Waals surface area contributed by atoms with Crippen molar-refractivity contribution >= 4 is 11.4 Å². The Labute approximate surface area is 104 Å². The second-order valence-electron chi connectivity index (χ2n) is 4.81. The number of hydrogen-bond acceptors (Lipinski definition) is 3. The summed E-state index contributed by atoms with van der Waals surface area (Å²) in [5, 5.41) is 3.37. The minimum atomic E-state index is 0.731. The summed E-state index contributed by atoms with van der Waals surface area (Å²) in [6.45, 7) is 5.51. The Hall–Kier alpha value is -1.38. The first-order chi connectivity index (χ1) is 8.11. The molecule has 3 nitrogen and oxygen atoms in total. The SMILES string of the molecule is COc1cc(N)cc(NCCCCC(C)C)c1. The maximum Gasteiger partial charge on any atom is 0.122 e. The molecule has 96 valence electrons. The molecule has 0 heterocycles. The van der Waals surface area contributed by atoms with E-state index in [1.807, 2.05) is 18.2 Å². The molecule has 3 N–H and O–H groups in total. The van der Waals surface area contributed by atoms with Crippen molar-refractivity contribution in [3.8, 4) is 5.75 Å². The first-order valence-electron chi connectivity index (χ1n) is 6.30. The van der Waals surface area contributed by atoms with Crippen LogP contribution in [0.4, 0.5) is 11.4 Å². The monoisotopic (exact) mass is 236 g/mol. The molecule has 0 atom stereocenters. The molecule has 3 heteroatoms. The quantitative estimate of drug-likeness (QED) is 0.562. The van der Waals surface area contributed by atoms with E-state index in [1.54, 1.807) is 7.11 Å². The summed E-state index contributed by atoms with van der Waals surface area (Å²) in [6.07, 6.45) is 3.75. The van der Waals surface area contributed by atoms with Crippen molar-refractivity contribution in [1.82, 2.24) is 0 Å². The van der Waals surface area contributed by atoms with Gasteiger partial charge < -0.3 is 15.8 Å². The highest BCUT2D eigenvalue weighted by Crippen LogP contribution is 2.22. The van der Waals surface area contributed by atoms with E-state index in [-0.39, 0.29) is 0 Å². The lowest BCUT2D eigenvalue weighted by molar-refractivity contribution is 0.415. The normalized spacial score (nSPS) is 10.6. The molecule has 0 fully saturated rings. The number of anilines is 2. The average molecular weight is 236 g/mol. The molecule has 0 spiro atoms. The average Bonchev–Trinajstić information content (AvgIpc) is 2.27. The van der Waals surface area contributed by atoms with Crippen LogP contribution in [0.1, 0.15) is 33.1 Å². The van der Waals surface area contributed by atoms with E-state index >= 15 is 0 Å². The van der Waals surface area contributed by atoms with E-state index in [1.165, 1.54) is 19.3 Å². The summed E-state index contributed by atoms with van der Waals surface area (Å²) in [4.78, 5) is 0. The minimum absolute atomic E-state index is 0.731. The molecular weight excluding hydrogens is 212 g/mol. The zero-order valence-corrected chi connectivity index (χ0v) is 11.1. The molecule has 0 unspecified atom stereocenters. The number of nitrogen functional groups attached to an aromatic ring is 1. The van der Waals surface area contributed by atoms with Gasteiger partial charge in [-0.15, -0.1) is 0 Å². The van der Waals surface area contributed by atoms with Crippen LogP contribution in [-0.4, -0.2) is 13.7 Å². The van der Waals surface area contributed by atoms with Crippen LogP contribution in [-0.2, 0) is 0 Å². The third-order valence-corrected chi connectivity index (χ3v) is 2.70. The van der Waals surface area contributed by atoms with Crippen molar-refractivity contribution in [3.63, 3.8) is 0 Å². The van der Waals surface area contributed by atoms with Crippen molar-refractivity contribution in [2.45, 2.75) is 33.1 Å². The number of nitrogens with one attached hydrogen (secondary N) is 1. The van der Waals surface area contributed by atoms with Crippen molar-refractivity contribution in [1.29, 1.82) is 0 Å². The van der Waals surface area contributed by atoms with Gasteiger partial charge in [-0.1, -0.05) is 26.7 Å². The number of ether oxygens (including phenoxy) is 1. The second kappa shape index (κ2) is 7.05. The molecule has 0 aromatic heterocycles. The van der Waals surface area contributed by atoms with Crippen LogP contribution < -0.4 is 15.8 Å². The van der Waals surface area contributed by atoms with Crippen molar-refractivity contribution in [2.24, 2.45) is 5.92 Å². The highest BCUT2D eigenvalue weighted by molar-refractivity contribution is 5.59. The number of nitrogens with two attached hydrogens (primary N) is 1. The Kier molecular flexibility index (Phi) is 5.67. The number of rotatable bonds is 7. The van der Waals surface area contributed by atoms with Gasteiger partial charge in [0.1, 0.15) is 5.75 Å². The molecule has 0 amide bonds. The molecule has 0 aliphatic carbocycles. The molecule has 0 aliphatic heterocycles. The van der Waals surface area contributed by atoms with Gasteiger partial charge >= 0.3 is 0 Å². The van der Waals surface area contributed by atoms with Gasteiger partial charge in [0.05, 0.1) is 7.11 Å². The Morgan fingerprint density at radius 2 is 2.00 bits per heavy atom. The standard InChI is InChI=1S/C14H24N2O/c1-11(2)6-4-5-7-16-13-8-12(15)9-14(10-13)17-3/h8-11,16H,4-7,15H2,1-3H3. The van der Waals surface area contributed by atoms with Crippen LogP contribution in [0.5, 0.6) is 5.75 Å². The van der Waals surface area contributed by atoms with Gasteiger partial charge in [-0.25, -0.2) is 0 Å². The van der Waals surface area contributed by atoms with E-state index in [9.17, 15) is 0 Å². The number of benzene rings is 1. The van der Waals surface area contributed by atoms with Gasteiger partial charge in [0.25, 0.3) is 0 Å². The van der Waals surface area contributed by atoms with Gasteiger partial charge in [-0.3, -0.25) is 0 Å².